The number of aliphatic hydroxyl groups is 1. The van der Waals surface area contributed by atoms with Crippen LogP contribution in [0.2, 0.25) is 0 Å². The lowest BCUT2D eigenvalue weighted by Crippen LogP contribution is -2.33. The maximum absolute atomic E-state index is 10.8. The summed E-state index contributed by atoms with van der Waals surface area (Å²) in [5.41, 5.74) is 0. The SMILES string of the molecule is N#C[C@@H]1C[C@@H](OC2CCCCO2)[C@H](CO)[C@H]1CCCc1ccc(C=O)s1. The van der Waals surface area contributed by atoms with Crippen LogP contribution in [-0.2, 0) is 15.9 Å². The molecular formula is C20H27NO4S. The lowest BCUT2D eigenvalue weighted by molar-refractivity contribution is -0.198. The molecule has 26 heavy (non-hydrogen) atoms. The van der Waals surface area contributed by atoms with Crippen LogP contribution in [0.5, 0.6) is 0 Å². The van der Waals surface area contributed by atoms with E-state index in [1.807, 2.05) is 12.1 Å². The van der Waals surface area contributed by atoms with Crippen molar-refractivity contribution in [3.05, 3.63) is 21.9 Å². The number of nitriles is 1. The summed E-state index contributed by atoms with van der Waals surface area (Å²) < 4.78 is 11.8. The number of aliphatic hydroxyl groups excluding tert-OH is 1. The van der Waals surface area contributed by atoms with Gasteiger partial charge >= 0.3 is 0 Å². The van der Waals surface area contributed by atoms with E-state index in [4.69, 9.17) is 9.47 Å². The first-order valence-electron chi connectivity index (χ1n) is 9.56. The summed E-state index contributed by atoms with van der Waals surface area (Å²) in [6.07, 6.45) is 7.11. The molecular weight excluding hydrogens is 350 g/mol. The smallest absolute Gasteiger partial charge is 0.160 e. The molecule has 1 saturated heterocycles. The lowest BCUT2D eigenvalue weighted by Gasteiger charge is -2.29. The Kier molecular flexibility index (Phi) is 7.21. The molecule has 1 aromatic rings. The third-order valence-electron chi connectivity index (χ3n) is 5.63. The highest BCUT2D eigenvalue weighted by Crippen LogP contribution is 2.42. The van der Waals surface area contributed by atoms with Crippen molar-refractivity contribution in [2.24, 2.45) is 17.8 Å². The van der Waals surface area contributed by atoms with Crippen LogP contribution in [0.1, 0.15) is 53.1 Å². The molecule has 0 aromatic carbocycles. The van der Waals surface area contributed by atoms with Crippen molar-refractivity contribution < 1.29 is 19.4 Å². The van der Waals surface area contributed by atoms with Gasteiger partial charge in [-0.2, -0.15) is 5.26 Å². The van der Waals surface area contributed by atoms with E-state index >= 15 is 0 Å². The fraction of sp³-hybridized carbons (Fsp3) is 0.700. The van der Waals surface area contributed by atoms with Crippen molar-refractivity contribution in [1.82, 2.24) is 0 Å². The molecule has 2 heterocycles. The van der Waals surface area contributed by atoms with Crippen LogP contribution >= 0.6 is 11.3 Å². The van der Waals surface area contributed by atoms with Crippen molar-refractivity contribution >= 4 is 17.6 Å². The van der Waals surface area contributed by atoms with E-state index in [0.717, 1.165) is 56.3 Å². The van der Waals surface area contributed by atoms with Crippen LogP contribution < -0.4 is 0 Å². The Bertz CT molecular complexity index is 620. The molecule has 5 atom stereocenters. The number of aldehydes is 1. The molecule has 3 rings (SSSR count). The van der Waals surface area contributed by atoms with Gasteiger partial charge in [0.15, 0.2) is 12.6 Å². The lowest BCUT2D eigenvalue weighted by atomic mass is 9.85. The second-order valence-electron chi connectivity index (χ2n) is 7.27. The number of carbonyl (C=O) groups is 1. The van der Waals surface area contributed by atoms with Gasteiger partial charge in [-0.05, 0) is 63.0 Å². The van der Waals surface area contributed by atoms with Gasteiger partial charge in [-0.15, -0.1) is 11.3 Å². The minimum atomic E-state index is -0.186. The third kappa shape index (κ3) is 4.72. The van der Waals surface area contributed by atoms with Crippen molar-refractivity contribution in [3.8, 4) is 6.07 Å². The summed E-state index contributed by atoms with van der Waals surface area (Å²) in [7, 11) is 0. The molecule has 142 valence electrons. The summed E-state index contributed by atoms with van der Waals surface area (Å²) in [6.45, 7) is 0.782. The molecule has 0 spiro atoms. The summed E-state index contributed by atoms with van der Waals surface area (Å²) in [5.74, 6) is 0.0813. The first-order chi connectivity index (χ1) is 12.7. The Morgan fingerprint density at radius 1 is 1.38 bits per heavy atom. The highest BCUT2D eigenvalue weighted by Gasteiger charge is 2.44. The quantitative estimate of drug-likeness (QED) is 0.701. The molecule has 0 bridgehead atoms. The molecule has 0 radical (unpaired) electrons. The van der Waals surface area contributed by atoms with Gasteiger partial charge < -0.3 is 14.6 Å². The number of ether oxygens (including phenoxy) is 2. The molecule has 0 amide bonds. The Morgan fingerprint density at radius 3 is 2.92 bits per heavy atom. The normalized spacial score (nSPS) is 31.6. The van der Waals surface area contributed by atoms with Crippen molar-refractivity contribution in [2.75, 3.05) is 13.2 Å². The van der Waals surface area contributed by atoms with E-state index in [-0.39, 0.29) is 36.8 Å². The summed E-state index contributed by atoms with van der Waals surface area (Å²) in [6, 6.07) is 6.28. The van der Waals surface area contributed by atoms with Gasteiger partial charge in [0, 0.05) is 24.0 Å². The molecule has 1 saturated carbocycles. The number of hydrogen-bond donors (Lipinski definition) is 1. The van der Waals surface area contributed by atoms with E-state index in [1.165, 1.54) is 16.2 Å². The minimum Gasteiger partial charge on any atom is -0.396 e. The third-order valence-corrected chi connectivity index (χ3v) is 6.70. The van der Waals surface area contributed by atoms with E-state index < -0.39 is 0 Å². The predicted molar refractivity (Wildman–Crippen MR) is 98.9 cm³/mol. The van der Waals surface area contributed by atoms with E-state index in [1.54, 1.807) is 0 Å². The molecule has 2 fully saturated rings. The number of nitrogens with zero attached hydrogens (tertiary/aromatic N) is 1. The van der Waals surface area contributed by atoms with E-state index in [9.17, 15) is 15.2 Å². The standard InChI is InChI=1S/C20H27NO4S/c21-11-14-10-19(25-20-6-1-2-9-24-20)18(13-23)17(14)5-3-4-15-7-8-16(12-22)26-15/h7-8,12,14,17-20,23H,1-6,9-10,13H2/t14-,17-,18+,19+,20?/m0/s1. The Labute approximate surface area is 158 Å². The molecule has 2 aliphatic rings. The van der Waals surface area contributed by atoms with Gasteiger partial charge in [-0.3, -0.25) is 4.79 Å². The van der Waals surface area contributed by atoms with Gasteiger partial charge in [0.25, 0.3) is 0 Å². The van der Waals surface area contributed by atoms with Crippen LogP contribution in [-0.4, -0.2) is 37.0 Å². The topological polar surface area (TPSA) is 79.6 Å². The first kappa shape index (κ1) is 19.5. The number of carbonyl (C=O) groups excluding carboxylic acids is 1. The molecule has 5 nitrogen and oxygen atoms in total. The first-order valence-corrected chi connectivity index (χ1v) is 10.4. The summed E-state index contributed by atoms with van der Waals surface area (Å²) >= 11 is 1.53. The average Bonchev–Trinajstić information content (AvgIpc) is 3.26. The van der Waals surface area contributed by atoms with Crippen molar-refractivity contribution in [3.63, 3.8) is 0 Å². The predicted octanol–water partition coefficient (Wildman–Crippen LogP) is 3.56. The zero-order chi connectivity index (χ0) is 18.4. The average molecular weight is 378 g/mol. The Hall–Kier alpha value is -1.26. The maximum Gasteiger partial charge on any atom is 0.160 e. The fourth-order valence-electron chi connectivity index (χ4n) is 4.26. The van der Waals surface area contributed by atoms with Crippen molar-refractivity contribution in [1.29, 1.82) is 5.26 Å². The minimum absolute atomic E-state index is 0.000881. The van der Waals surface area contributed by atoms with Crippen molar-refractivity contribution in [2.45, 2.75) is 57.3 Å². The molecule has 1 aliphatic heterocycles. The number of aryl methyl sites for hydroxylation is 1. The van der Waals surface area contributed by atoms with E-state index in [2.05, 4.69) is 6.07 Å². The number of rotatable bonds is 8. The number of thiophene rings is 1. The Morgan fingerprint density at radius 2 is 2.27 bits per heavy atom. The van der Waals surface area contributed by atoms with E-state index in [0.29, 0.717) is 6.42 Å². The fourth-order valence-corrected chi connectivity index (χ4v) is 5.13. The van der Waals surface area contributed by atoms with Crippen LogP contribution in [0.15, 0.2) is 12.1 Å². The largest absolute Gasteiger partial charge is 0.396 e. The second kappa shape index (κ2) is 9.61. The van der Waals surface area contributed by atoms with Crippen LogP contribution in [0.3, 0.4) is 0 Å². The molecule has 6 heteroatoms. The Balaban J connectivity index is 1.55. The number of hydrogen-bond acceptors (Lipinski definition) is 6. The summed E-state index contributed by atoms with van der Waals surface area (Å²) in [5, 5.41) is 19.5. The molecule has 1 unspecified atom stereocenters. The van der Waals surface area contributed by atoms with Crippen LogP contribution in [0.25, 0.3) is 0 Å². The van der Waals surface area contributed by atoms with Gasteiger partial charge in [-0.25, -0.2) is 0 Å². The zero-order valence-corrected chi connectivity index (χ0v) is 15.8. The molecule has 1 aromatic heterocycles. The second-order valence-corrected chi connectivity index (χ2v) is 8.47. The monoisotopic (exact) mass is 377 g/mol. The molecule has 1 aliphatic carbocycles. The van der Waals surface area contributed by atoms with Crippen LogP contribution in [0, 0.1) is 29.1 Å². The highest BCUT2D eigenvalue weighted by molar-refractivity contribution is 7.13. The van der Waals surface area contributed by atoms with Gasteiger partial charge in [0.2, 0.25) is 0 Å². The van der Waals surface area contributed by atoms with Crippen LogP contribution in [0.4, 0.5) is 0 Å². The van der Waals surface area contributed by atoms with Gasteiger partial charge in [0.05, 0.1) is 23.0 Å². The zero-order valence-electron chi connectivity index (χ0n) is 15.0. The maximum atomic E-state index is 10.8. The summed E-state index contributed by atoms with van der Waals surface area (Å²) in [4.78, 5) is 12.7. The van der Waals surface area contributed by atoms with Gasteiger partial charge in [-0.1, -0.05) is 0 Å². The molecule has 1 N–H and O–H groups in total. The highest BCUT2D eigenvalue weighted by atomic mass is 32.1. The van der Waals surface area contributed by atoms with Gasteiger partial charge in [0.1, 0.15) is 0 Å².